The number of hydrogen-bond donors (Lipinski definition) is 0. The molecule has 0 aromatic carbocycles. The molecule has 7 nitrogen and oxygen atoms in total. The number of hydrogen-bond acceptors (Lipinski definition) is 6. The minimum Gasteiger partial charge on any atom is -0.475 e. The fraction of sp³-hybridized carbons (Fsp3) is 0.480. The Balaban J connectivity index is 2.01. The predicted molar refractivity (Wildman–Crippen MR) is 143 cm³/mol. The predicted octanol–water partition coefficient (Wildman–Crippen LogP) is 6.40. The van der Waals surface area contributed by atoms with E-state index in [1.807, 2.05) is 0 Å². The first kappa shape index (κ1) is 28.0. The van der Waals surface area contributed by atoms with Crippen molar-refractivity contribution >= 4 is 42.3 Å². The van der Waals surface area contributed by atoms with Gasteiger partial charge in [0.15, 0.2) is 8.32 Å². The molecule has 0 aliphatic carbocycles. The van der Waals surface area contributed by atoms with Crippen molar-refractivity contribution in [2.75, 3.05) is 25.2 Å². The van der Waals surface area contributed by atoms with Crippen LogP contribution in [0.25, 0.3) is 10.9 Å². The third-order valence-electron chi connectivity index (χ3n) is 6.75. The van der Waals surface area contributed by atoms with Crippen LogP contribution in [0.5, 0.6) is 5.88 Å². The van der Waals surface area contributed by atoms with Crippen molar-refractivity contribution in [3.63, 3.8) is 0 Å². The Morgan fingerprint density at radius 1 is 1.19 bits per heavy atom. The second-order valence-electron chi connectivity index (χ2n) is 10.3. The molecule has 36 heavy (non-hydrogen) atoms. The Morgan fingerprint density at radius 2 is 1.86 bits per heavy atom. The van der Waals surface area contributed by atoms with E-state index in [0.717, 1.165) is 0 Å². The van der Waals surface area contributed by atoms with Crippen LogP contribution in [0.1, 0.15) is 38.3 Å². The molecule has 11 heteroatoms. The number of alkyl halides is 2. The van der Waals surface area contributed by atoms with Crippen molar-refractivity contribution < 1.29 is 17.9 Å². The lowest BCUT2D eigenvalue weighted by Crippen LogP contribution is -2.41. The summed E-state index contributed by atoms with van der Waals surface area (Å²) in [6.07, 6.45) is -1.38. The van der Waals surface area contributed by atoms with Gasteiger partial charge in [0.25, 0.3) is 12.0 Å². The third kappa shape index (κ3) is 5.71. The smallest absolute Gasteiger partial charge is 0.266 e. The highest BCUT2D eigenvalue weighted by atomic mass is 35.5. The van der Waals surface area contributed by atoms with Gasteiger partial charge in [-0.1, -0.05) is 32.4 Å². The Hall–Kier alpha value is -2.56. The number of aromatic nitrogens is 3. The number of halogens is 3. The first-order chi connectivity index (χ1) is 16.6. The van der Waals surface area contributed by atoms with Crippen LogP contribution >= 0.6 is 11.6 Å². The average Bonchev–Trinajstić information content (AvgIpc) is 2.79. The van der Waals surface area contributed by atoms with Crippen molar-refractivity contribution in [1.82, 2.24) is 14.5 Å². The van der Waals surface area contributed by atoms with Crippen LogP contribution < -0.4 is 15.2 Å². The molecular weight excluding hydrogens is 506 g/mol. The first-order valence-corrected chi connectivity index (χ1v) is 14.9. The summed E-state index contributed by atoms with van der Waals surface area (Å²) in [6.45, 7) is 13.2. The van der Waals surface area contributed by atoms with Gasteiger partial charge in [-0.3, -0.25) is 4.79 Å². The van der Waals surface area contributed by atoms with Crippen molar-refractivity contribution in [3.05, 3.63) is 51.0 Å². The van der Waals surface area contributed by atoms with Gasteiger partial charge in [-0.05, 0) is 37.2 Å². The zero-order chi connectivity index (χ0) is 27.0. The van der Waals surface area contributed by atoms with Gasteiger partial charge in [0.1, 0.15) is 17.6 Å². The molecule has 0 saturated carbocycles. The highest BCUT2D eigenvalue weighted by molar-refractivity contribution is 6.74. The molecule has 0 fully saturated rings. The molecule has 196 valence electrons. The standard InChI is InChI=1S/C25H33ClF2N4O3Si/c1-15-11-17-19(32(6)24(15)33)13-20(34-9-10-35-36(7,8)25(2,3)4)30-23(17)31(5)16-12-18(22(27)28)21(26)29-14-16/h11-14,22H,9-10H2,1-8H3. The highest BCUT2D eigenvalue weighted by Gasteiger charge is 2.37. The summed E-state index contributed by atoms with van der Waals surface area (Å²) in [4.78, 5) is 22.8. The second-order valence-corrected chi connectivity index (χ2v) is 15.5. The molecule has 0 aliphatic rings. The van der Waals surface area contributed by atoms with Crippen molar-refractivity contribution in [2.24, 2.45) is 7.05 Å². The molecule has 0 atom stereocenters. The van der Waals surface area contributed by atoms with E-state index in [1.165, 1.54) is 16.8 Å². The van der Waals surface area contributed by atoms with Crippen molar-refractivity contribution in [1.29, 1.82) is 0 Å². The topological polar surface area (TPSA) is 69.5 Å². The lowest BCUT2D eigenvalue weighted by molar-refractivity contribution is 0.151. The fourth-order valence-corrected chi connectivity index (χ4v) is 4.69. The molecule has 3 aromatic rings. The van der Waals surface area contributed by atoms with Crippen LogP contribution in [-0.2, 0) is 11.5 Å². The van der Waals surface area contributed by atoms with Crippen molar-refractivity contribution in [2.45, 2.75) is 52.3 Å². The number of aryl methyl sites for hydroxylation is 2. The van der Waals surface area contributed by atoms with Gasteiger partial charge in [0.2, 0.25) is 5.88 Å². The summed E-state index contributed by atoms with van der Waals surface area (Å²) >= 11 is 5.86. The molecule has 3 aromatic heterocycles. The van der Waals surface area contributed by atoms with Gasteiger partial charge in [-0.25, -0.2) is 13.8 Å². The van der Waals surface area contributed by atoms with E-state index in [9.17, 15) is 13.6 Å². The van der Waals surface area contributed by atoms with Gasteiger partial charge in [-0.15, -0.1) is 0 Å². The molecular formula is C25H33ClF2N4O3Si. The van der Waals surface area contributed by atoms with Crippen molar-refractivity contribution in [3.8, 4) is 5.88 Å². The SMILES string of the molecule is Cc1cc2c(N(C)c3cnc(Cl)c(C(F)F)c3)nc(OCCO[Si](C)(C)C(C)(C)C)cc2n(C)c1=O. The summed E-state index contributed by atoms with van der Waals surface area (Å²) in [5.74, 6) is 0.717. The van der Waals surface area contributed by atoms with E-state index in [4.69, 9.17) is 20.8 Å². The molecule has 3 rings (SSSR count). The highest BCUT2D eigenvalue weighted by Crippen LogP contribution is 2.37. The molecule has 0 aliphatic heterocycles. The monoisotopic (exact) mass is 538 g/mol. The normalized spacial score (nSPS) is 12.4. The van der Waals surface area contributed by atoms with E-state index in [0.29, 0.717) is 34.6 Å². The molecule has 0 radical (unpaired) electrons. The lowest BCUT2D eigenvalue weighted by Gasteiger charge is -2.36. The van der Waals surface area contributed by atoms with Crippen LogP contribution in [0.2, 0.25) is 23.3 Å². The summed E-state index contributed by atoms with van der Waals surface area (Å²) in [6, 6.07) is 4.71. The second kappa shape index (κ2) is 10.4. The van der Waals surface area contributed by atoms with Crippen LogP contribution in [0.15, 0.2) is 29.2 Å². The van der Waals surface area contributed by atoms with Crippen LogP contribution in [0.3, 0.4) is 0 Å². The maximum absolute atomic E-state index is 13.4. The van der Waals surface area contributed by atoms with Crippen LogP contribution in [0.4, 0.5) is 20.3 Å². The molecule has 0 amide bonds. The molecule has 0 saturated heterocycles. The molecule has 3 heterocycles. The molecule has 0 bridgehead atoms. The quantitative estimate of drug-likeness (QED) is 0.188. The first-order valence-electron chi connectivity index (χ1n) is 11.6. The molecule has 0 spiro atoms. The summed E-state index contributed by atoms with van der Waals surface area (Å²) in [7, 11) is 1.42. The minimum absolute atomic E-state index is 0.0733. The number of pyridine rings is 3. The van der Waals surface area contributed by atoms with Gasteiger partial charge in [0, 0.05) is 31.1 Å². The van der Waals surface area contributed by atoms with E-state index in [2.05, 4.69) is 43.8 Å². The maximum atomic E-state index is 13.4. The zero-order valence-corrected chi connectivity index (χ0v) is 23.7. The summed E-state index contributed by atoms with van der Waals surface area (Å²) in [5.41, 5.74) is 0.972. The van der Waals surface area contributed by atoms with Gasteiger partial charge in [0.05, 0.1) is 29.6 Å². The molecule has 0 N–H and O–H groups in total. The number of nitrogens with zero attached hydrogens (tertiary/aromatic N) is 4. The van der Waals surface area contributed by atoms with Gasteiger partial charge >= 0.3 is 0 Å². The molecule has 0 unspecified atom stereocenters. The number of rotatable bonds is 8. The fourth-order valence-electron chi connectivity index (χ4n) is 3.48. The number of ether oxygens (including phenoxy) is 1. The van der Waals surface area contributed by atoms with Gasteiger partial charge < -0.3 is 18.6 Å². The number of anilines is 2. The summed E-state index contributed by atoms with van der Waals surface area (Å²) in [5, 5.41) is 0.483. The zero-order valence-electron chi connectivity index (χ0n) is 21.9. The summed E-state index contributed by atoms with van der Waals surface area (Å²) < 4.78 is 40.5. The van der Waals surface area contributed by atoms with E-state index in [1.54, 1.807) is 38.1 Å². The lowest BCUT2D eigenvalue weighted by atomic mass is 10.1. The number of fused-ring (bicyclic) bond motifs is 1. The van der Waals surface area contributed by atoms with Gasteiger partial charge in [-0.2, -0.15) is 4.98 Å². The minimum atomic E-state index is -2.78. The Kier molecular flexibility index (Phi) is 8.12. The maximum Gasteiger partial charge on any atom is 0.266 e. The van der Waals surface area contributed by atoms with E-state index >= 15 is 0 Å². The Bertz CT molecular complexity index is 1330. The van der Waals surface area contributed by atoms with Crippen LogP contribution in [0, 0.1) is 6.92 Å². The largest absolute Gasteiger partial charge is 0.475 e. The van der Waals surface area contributed by atoms with Crippen LogP contribution in [-0.4, -0.2) is 43.1 Å². The average molecular weight is 539 g/mol. The Labute approximate surface area is 216 Å². The van der Waals surface area contributed by atoms with E-state index in [-0.39, 0.29) is 33.8 Å². The Morgan fingerprint density at radius 3 is 2.47 bits per heavy atom. The van der Waals surface area contributed by atoms with E-state index < -0.39 is 14.7 Å². The third-order valence-corrected chi connectivity index (χ3v) is 11.6.